The smallest absolute Gasteiger partial charge is 0.337 e. The number of nitrogens with zero attached hydrogens (tertiary/aromatic N) is 1. The fourth-order valence-corrected chi connectivity index (χ4v) is 1.47. The van der Waals surface area contributed by atoms with Gasteiger partial charge in [0.25, 0.3) is 0 Å². The Morgan fingerprint density at radius 2 is 1.83 bits per heavy atom. The first-order chi connectivity index (χ1) is 8.69. The Hall–Kier alpha value is -2.36. The Balaban J connectivity index is 2.13. The van der Waals surface area contributed by atoms with Crippen molar-refractivity contribution >= 4 is 5.97 Å². The van der Waals surface area contributed by atoms with Crippen LogP contribution in [0.2, 0.25) is 0 Å². The van der Waals surface area contributed by atoms with Gasteiger partial charge in [-0.05, 0) is 37.3 Å². The van der Waals surface area contributed by atoms with Crippen LogP contribution in [0.4, 0.5) is 0 Å². The van der Waals surface area contributed by atoms with E-state index >= 15 is 0 Å². The summed E-state index contributed by atoms with van der Waals surface area (Å²) in [5.74, 6) is 0.789. The second kappa shape index (κ2) is 5.31. The Bertz CT molecular complexity index is 549. The molecule has 2 aromatic rings. The molecule has 4 nitrogen and oxygen atoms in total. The maximum atomic E-state index is 11.3. The van der Waals surface area contributed by atoms with Crippen molar-refractivity contribution in [1.29, 1.82) is 0 Å². The summed E-state index contributed by atoms with van der Waals surface area (Å²) in [6.45, 7) is 1.90. The van der Waals surface area contributed by atoms with Crippen LogP contribution in [0.3, 0.4) is 0 Å². The van der Waals surface area contributed by atoms with Crippen LogP contribution in [-0.4, -0.2) is 18.1 Å². The summed E-state index contributed by atoms with van der Waals surface area (Å²) in [5.41, 5.74) is 1.38. The molecule has 0 radical (unpaired) electrons. The average molecular weight is 243 g/mol. The van der Waals surface area contributed by atoms with E-state index in [0.29, 0.717) is 17.2 Å². The van der Waals surface area contributed by atoms with Crippen LogP contribution >= 0.6 is 0 Å². The van der Waals surface area contributed by atoms with Crippen LogP contribution < -0.4 is 4.74 Å². The lowest BCUT2D eigenvalue weighted by atomic mass is 10.2. The molecule has 0 spiro atoms. The van der Waals surface area contributed by atoms with E-state index in [9.17, 15) is 4.79 Å². The first-order valence-corrected chi connectivity index (χ1v) is 5.49. The predicted molar refractivity (Wildman–Crippen MR) is 66.8 cm³/mol. The normalized spacial score (nSPS) is 9.89. The van der Waals surface area contributed by atoms with Gasteiger partial charge in [-0.2, -0.15) is 0 Å². The first-order valence-electron chi connectivity index (χ1n) is 5.49. The van der Waals surface area contributed by atoms with Gasteiger partial charge in [0, 0.05) is 11.8 Å². The summed E-state index contributed by atoms with van der Waals surface area (Å²) in [5, 5.41) is 0. The third-order valence-corrected chi connectivity index (χ3v) is 2.36. The molecule has 0 unspecified atom stereocenters. The third kappa shape index (κ3) is 2.85. The van der Waals surface area contributed by atoms with Crippen molar-refractivity contribution in [2.24, 2.45) is 0 Å². The average Bonchev–Trinajstić information content (AvgIpc) is 2.39. The molecule has 0 amide bonds. The molecule has 4 heteroatoms. The van der Waals surface area contributed by atoms with Gasteiger partial charge < -0.3 is 9.47 Å². The van der Waals surface area contributed by atoms with E-state index in [-0.39, 0.29) is 5.97 Å². The molecule has 0 saturated heterocycles. The van der Waals surface area contributed by atoms with E-state index in [1.165, 1.54) is 7.11 Å². The minimum absolute atomic E-state index is 0.366. The number of methoxy groups -OCH3 is 1. The zero-order chi connectivity index (χ0) is 13.0. The largest absolute Gasteiger partial charge is 0.465 e. The van der Waals surface area contributed by atoms with Crippen molar-refractivity contribution in [1.82, 2.24) is 4.98 Å². The number of ether oxygens (including phenoxy) is 2. The summed E-state index contributed by atoms with van der Waals surface area (Å²) in [6, 6.07) is 12.3. The highest BCUT2D eigenvalue weighted by molar-refractivity contribution is 5.89. The van der Waals surface area contributed by atoms with Gasteiger partial charge in [-0.3, -0.25) is 0 Å². The van der Waals surface area contributed by atoms with Crippen LogP contribution in [0.5, 0.6) is 11.6 Å². The maximum Gasteiger partial charge on any atom is 0.337 e. The SMILES string of the molecule is COC(=O)c1ccc(Oc2cccc(C)n2)cc1. The number of carbonyl (C=O) groups excluding carboxylic acids is 1. The van der Waals surface area contributed by atoms with Gasteiger partial charge in [0.2, 0.25) is 5.88 Å². The van der Waals surface area contributed by atoms with Gasteiger partial charge in [-0.1, -0.05) is 6.07 Å². The molecule has 18 heavy (non-hydrogen) atoms. The molecule has 0 aliphatic carbocycles. The number of benzene rings is 1. The number of carbonyl (C=O) groups is 1. The minimum atomic E-state index is -0.366. The number of esters is 1. The summed E-state index contributed by atoms with van der Waals surface area (Å²) < 4.78 is 10.2. The van der Waals surface area contributed by atoms with Gasteiger partial charge in [0.1, 0.15) is 5.75 Å². The standard InChI is InChI=1S/C14H13NO3/c1-10-4-3-5-13(15-10)18-12-8-6-11(7-9-12)14(16)17-2/h3-9H,1-2H3. The number of rotatable bonds is 3. The lowest BCUT2D eigenvalue weighted by Gasteiger charge is -2.05. The number of aromatic nitrogens is 1. The van der Waals surface area contributed by atoms with E-state index in [4.69, 9.17) is 4.74 Å². The second-order valence-corrected chi connectivity index (χ2v) is 3.74. The summed E-state index contributed by atoms with van der Waals surface area (Å²) in [6.07, 6.45) is 0. The summed E-state index contributed by atoms with van der Waals surface area (Å²) >= 11 is 0. The van der Waals surface area contributed by atoms with Crippen LogP contribution in [0, 0.1) is 6.92 Å². The monoisotopic (exact) mass is 243 g/mol. The van der Waals surface area contributed by atoms with Crippen molar-refractivity contribution in [2.45, 2.75) is 6.92 Å². The molecule has 2 rings (SSSR count). The van der Waals surface area contributed by atoms with Crippen molar-refractivity contribution < 1.29 is 14.3 Å². The third-order valence-electron chi connectivity index (χ3n) is 2.36. The van der Waals surface area contributed by atoms with E-state index in [2.05, 4.69) is 9.72 Å². The molecule has 0 aliphatic heterocycles. The molecule has 0 atom stereocenters. The maximum absolute atomic E-state index is 11.3. The zero-order valence-corrected chi connectivity index (χ0v) is 10.2. The summed E-state index contributed by atoms with van der Waals surface area (Å²) in [7, 11) is 1.35. The number of hydrogen-bond acceptors (Lipinski definition) is 4. The van der Waals surface area contributed by atoms with Gasteiger partial charge in [0.05, 0.1) is 12.7 Å². The molecule has 1 aromatic heterocycles. The van der Waals surface area contributed by atoms with E-state index in [0.717, 1.165) is 5.69 Å². The fraction of sp³-hybridized carbons (Fsp3) is 0.143. The Labute approximate surface area is 105 Å². The molecule has 0 aliphatic rings. The predicted octanol–water partition coefficient (Wildman–Crippen LogP) is 2.97. The molecule has 92 valence electrons. The van der Waals surface area contributed by atoms with E-state index in [1.54, 1.807) is 30.3 Å². The molecule has 0 bridgehead atoms. The first kappa shape index (κ1) is 12.1. The molecule has 1 aromatic carbocycles. The van der Waals surface area contributed by atoms with Gasteiger partial charge in [-0.25, -0.2) is 9.78 Å². The van der Waals surface area contributed by atoms with Gasteiger partial charge in [0.15, 0.2) is 0 Å². The van der Waals surface area contributed by atoms with E-state index < -0.39 is 0 Å². The fourth-order valence-electron chi connectivity index (χ4n) is 1.47. The van der Waals surface area contributed by atoms with Crippen LogP contribution in [0.1, 0.15) is 16.1 Å². The van der Waals surface area contributed by atoms with Gasteiger partial charge in [-0.15, -0.1) is 0 Å². The van der Waals surface area contributed by atoms with Gasteiger partial charge >= 0.3 is 5.97 Å². The lowest BCUT2D eigenvalue weighted by Crippen LogP contribution is -2.00. The Kier molecular flexibility index (Phi) is 3.57. The highest BCUT2D eigenvalue weighted by Gasteiger charge is 2.05. The van der Waals surface area contributed by atoms with E-state index in [1.807, 2.05) is 19.1 Å². The van der Waals surface area contributed by atoms with Crippen molar-refractivity contribution in [2.75, 3.05) is 7.11 Å². The lowest BCUT2D eigenvalue weighted by molar-refractivity contribution is 0.0600. The van der Waals surface area contributed by atoms with Crippen LogP contribution in [-0.2, 0) is 4.74 Å². The number of hydrogen-bond donors (Lipinski definition) is 0. The minimum Gasteiger partial charge on any atom is -0.465 e. The number of pyridine rings is 1. The Morgan fingerprint density at radius 3 is 2.44 bits per heavy atom. The highest BCUT2D eigenvalue weighted by atomic mass is 16.5. The molecular formula is C14H13NO3. The number of aryl methyl sites for hydroxylation is 1. The summed E-state index contributed by atoms with van der Waals surface area (Å²) in [4.78, 5) is 15.5. The van der Waals surface area contributed by atoms with Crippen molar-refractivity contribution in [3.8, 4) is 11.6 Å². The topological polar surface area (TPSA) is 48.4 Å². The second-order valence-electron chi connectivity index (χ2n) is 3.74. The van der Waals surface area contributed by atoms with Crippen LogP contribution in [0.15, 0.2) is 42.5 Å². The molecule has 1 heterocycles. The van der Waals surface area contributed by atoms with Crippen molar-refractivity contribution in [3.63, 3.8) is 0 Å². The highest BCUT2D eigenvalue weighted by Crippen LogP contribution is 2.20. The molecule has 0 saturated carbocycles. The molecule has 0 fully saturated rings. The molecular weight excluding hydrogens is 230 g/mol. The quantitative estimate of drug-likeness (QED) is 0.777. The zero-order valence-electron chi connectivity index (χ0n) is 10.2. The van der Waals surface area contributed by atoms with Crippen molar-refractivity contribution in [3.05, 3.63) is 53.7 Å². The Morgan fingerprint density at radius 1 is 1.11 bits per heavy atom. The molecule has 0 N–H and O–H groups in total. The van der Waals surface area contributed by atoms with Crippen LogP contribution in [0.25, 0.3) is 0 Å².